The molecular formula is C17H11ClF10O2. The number of rotatable bonds is 4. The Hall–Kier alpha value is -1.98. The monoisotopic (exact) mass is 472 g/mol. The van der Waals surface area contributed by atoms with E-state index in [0.717, 1.165) is 0 Å². The van der Waals surface area contributed by atoms with Crippen LogP contribution >= 0.6 is 11.6 Å². The third-order valence-electron chi connectivity index (χ3n) is 4.76. The van der Waals surface area contributed by atoms with E-state index in [1.807, 2.05) is 0 Å². The molecule has 2 rings (SSSR count). The smallest absolute Gasteiger partial charge is 0.426 e. The maximum Gasteiger partial charge on any atom is 0.426 e. The molecule has 168 valence electrons. The number of halogens is 11. The van der Waals surface area contributed by atoms with Gasteiger partial charge >= 0.3 is 18.3 Å². The molecule has 1 saturated carbocycles. The molecule has 1 aromatic rings. The van der Waals surface area contributed by atoms with Gasteiger partial charge in [-0.15, -0.1) is 0 Å². The van der Waals surface area contributed by atoms with Gasteiger partial charge in [0, 0.05) is 0 Å². The summed E-state index contributed by atoms with van der Waals surface area (Å²) < 4.78 is 134. The quantitative estimate of drug-likeness (QED) is 0.294. The second kappa shape index (κ2) is 7.61. The third-order valence-corrected chi connectivity index (χ3v) is 5.10. The van der Waals surface area contributed by atoms with Crippen LogP contribution in [0.3, 0.4) is 0 Å². The van der Waals surface area contributed by atoms with Crippen molar-refractivity contribution in [2.24, 2.45) is 17.3 Å². The molecule has 0 bridgehead atoms. The van der Waals surface area contributed by atoms with Crippen molar-refractivity contribution in [1.29, 1.82) is 0 Å². The van der Waals surface area contributed by atoms with Crippen LogP contribution in [0.5, 0.6) is 0 Å². The Bertz CT molecular complexity index is 872. The molecule has 30 heavy (non-hydrogen) atoms. The van der Waals surface area contributed by atoms with Crippen LogP contribution in [0.4, 0.5) is 43.9 Å². The van der Waals surface area contributed by atoms with E-state index < -0.39 is 81.6 Å². The van der Waals surface area contributed by atoms with Crippen LogP contribution in [-0.4, -0.2) is 12.1 Å². The average Bonchev–Trinajstić information content (AvgIpc) is 3.11. The van der Waals surface area contributed by atoms with E-state index in [-0.39, 0.29) is 0 Å². The van der Waals surface area contributed by atoms with Gasteiger partial charge < -0.3 is 4.74 Å². The molecule has 0 aromatic heterocycles. The topological polar surface area (TPSA) is 26.3 Å². The van der Waals surface area contributed by atoms with Gasteiger partial charge in [-0.05, 0) is 11.3 Å². The van der Waals surface area contributed by atoms with Crippen LogP contribution in [0.1, 0.15) is 25.0 Å². The molecule has 1 aliphatic carbocycles. The van der Waals surface area contributed by atoms with Crippen LogP contribution in [0.25, 0.3) is 0 Å². The number of ether oxygens (including phenoxy) is 1. The van der Waals surface area contributed by atoms with Crippen molar-refractivity contribution in [2.45, 2.75) is 32.8 Å². The van der Waals surface area contributed by atoms with Gasteiger partial charge in [0.15, 0.2) is 23.3 Å². The van der Waals surface area contributed by atoms with E-state index in [2.05, 4.69) is 4.74 Å². The molecule has 13 heteroatoms. The highest BCUT2D eigenvalue weighted by atomic mass is 35.5. The fraction of sp³-hybridized carbons (Fsp3) is 0.471. The van der Waals surface area contributed by atoms with Crippen LogP contribution in [-0.2, 0) is 22.3 Å². The molecule has 2 unspecified atom stereocenters. The molecular weight excluding hydrogens is 462 g/mol. The standard InChI is InChI=1S/C17H11ClF10O2/c1-15(2)6(3-7(18)16(23,24)25)8(15)14(29)30-4-5-10(19)12(21)9(17(26,27)28)13(22)11(5)20/h3,6,8H,4H2,1-2H3/b7-3-. The minimum atomic E-state index is -5.74. The number of esters is 1. The van der Waals surface area contributed by atoms with Gasteiger partial charge in [0.1, 0.15) is 17.2 Å². The number of hydrogen-bond donors (Lipinski definition) is 0. The Balaban J connectivity index is 2.24. The number of allylic oxidation sites excluding steroid dienone is 2. The van der Waals surface area contributed by atoms with Gasteiger partial charge in [-0.2, -0.15) is 26.3 Å². The Morgan fingerprint density at radius 1 is 1.00 bits per heavy atom. The van der Waals surface area contributed by atoms with Crippen LogP contribution in [0, 0.1) is 40.5 Å². The zero-order chi connectivity index (χ0) is 23.4. The molecule has 0 amide bonds. The van der Waals surface area contributed by atoms with E-state index in [4.69, 9.17) is 11.6 Å². The van der Waals surface area contributed by atoms with Gasteiger partial charge in [-0.3, -0.25) is 4.79 Å². The molecule has 1 fully saturated rings. The first-order valence-corrected chi connectivity index (χ1v) is 8.33. The Morgan fingerprint density at radius 3 is 1.87 bits per heavy atom. The van der Waals surface area contributed by atoms with E-state index in [1.54, 1.807) is 0 Å². The van der Waals surface area contributed by atoms with E-state index in [1.165, 1.54) is 13.8 Å². The molecule has 0 N–H and O–H groups in total. The summed E-state index contributed by atoms with van der Waals surface area (Å²) in [5.41, 5.74) is -5.51. The lowest BCUT2D eigenvalue weighted by Gasteiger charge is -2.14. The zero-order valence-electron chi connectivity index (χ0n) is 14.9. The normalized spacial score (nSPS) is 21.6. The summed E-state index contributed by atoms with van der Waals surface area (Å²) in [4.78, 5) is 12.1. The van der Waals surface area contributed by atoms with Gasteiger partial charge in [0.25, 0.3) is 0 Å². The van der Waals surface area contributed by atoms with Gasteiger partial charge in [0.05, 0.1) is 11.5 Å². The molecule has 2 nitrogen and oxygen atoms in total. The SMILES string of the molecule is CC1(C)C(/C=C(\Cl)C(F)(F)F)C1C(=O)OCc1c(F)c(F)c(C(F)(F)F)c(F)c1F. The van der Waals surface area contributed by atoms with Crippen LogP contribution in [0.2, 0.25) is 0 Å². The summed E-state index contributed by atoms with van der Waals surface area (Å²) in [6.45, 7) is 1.23. The Kier molecular flexibility index (Phi) is 6.16. The zero-order valence-corrected chi connectivity index (χ0v) is 15.7. The molecule has 0 saturated heterocycles. The summed E-state index contributed by atoms with van der Waals surface area (Å²) in [5.74, 6) is -13.9. The Morgan fingerprint density at radius 2 is 1.47 bits per heavy atom. The first kappa shape index (κ1) is 24.3. The predicted octanol–water partition coefficient (Wildman–Crippen LogP) is 6.26. The molecule has 0 aliphatic heterocycles. The van der Waals surface area contributed by atoms with E-state index >= 15 is 0 Å². The van der Waals surface area contributed by atoms with Crippen molar-refractivity contribution in [2.75, 3.05) is 0 Å². The number of alkyl halides is 6. The highest BCUT2D eigenvalue weighted by Crippen LogP contribution is 2.60. The third kappa shape index (κ3) is 4.37. The lowest BCUT2D eigenvalue weighted by molar-refractivity contribution is -0.148. The first-order valence-electron chi connectivity index (χ1n) is 7.95. The van der Waals surface area contributed by atoms with Crippen molar-refractivity contribution >= 4 is 17.6 Å². The predicted molar refractivity (Wildman–Crippen MR) is 81.8 cm³/mol. The molecule has 0 spiro atoms. The maximum atomic E-state index is 13.8. The summed E-state index contributed by atoms with van der Waals surface area (Å²) in [5, 5.41) is -1.51. The van der Waals surface area contributed by atoms with Crippen LogP contribution < -0.4 is 0 Å². The van der Waals surface area contributed by atoms with Crippen molar-refractivity contribution in [3.63, 3.8) is 0 Å². The lowest BCUT2D eigenvalue weighted by Crippen LogP contribution is -2.19. The summed E-state index contributed by atoms with van der Waals surface area (Å²) >= 11 is 5.10. The van der Waals surface area contributed by atoms with Gasteiger partial charge in [0.2, 0.25) is 0 Å². The van der Waals surface area contributed by atoms with E-state index in [0.29, 0.717) is 6.08 Å². The number of hydrogen-bond acceptors (Lipinski definition) is 2. The minimum absolute atomic E-state index is 0.548. The Labute approximate surface area is 167 Å². The van der Waals surface area contributed by atoms with Crippen molar-refractivity contribution in [1.82, 2.24) is 0 Å². The van der Waals surface area contributed by atoms with Crippen molar-refractivity contribution in [3.05, 3.63) is 45.5 Å². The van der Waals surface area contributed by atoms with Crippen molar-refractivity contribution < 1.29 is 53.4 Å². The molecule has 2 atom stereocenters. The summed E-state index contributed by atoms with van der Waals surface area (Å²) in [7, 11) is 0. The summed E-state index contributed by atoms with van der Waals surface area (Å²) in [6, 6.07) is 0. The molecule has 0 radical (unpaired) electrons. The second-order valence-electron chi connectivity index (χ2n) is 7.05. The van der Waals surface area contributed by atoms with E-state index in [9.17, 15) is 48.7 Å². The van der Waals surface area contributed by atoms with Crippen LogP contribution in [0.15, 0.2) is 11.1 Å². The molecule has 1 aromatic carbocycles. The highest BCUT2D eigenvalue weighted by molar-refractivity contribution is 6.30. The fourth-order valence-corrected chi connectivity index (χ4v) is 3.11. The second-order valence-corrected chi connectivity index (χ2v) is 7.46. The number of benzene rings is 1. The van der Waals surface area contributed by atoms with Gasteiger partial charge in [-0.1, -0.05) is 31.5 Å². The fourth-order valence-electron chi connectivity index (χ4n) is 2.98. The first-order chi connectivity index (χ1) is 13.4. The minimum Gasteiger partial charge on any atom is -0.460 e. The average molecular weight is 473 g/mol. The van der Waals surface area contributed by atoms with Gasteiger partial charge in [-0.25, -0.2) is 17.6 Å². The summed E-state index contributed by atoms with van der Waals surface area (Å²) in [6.07, 6.45) is -10.1. The molecule has 0 heterocycles. The lowest BCUT2D eigenvalue weighted by atomic mass is 10.1. The number of carbonyl (C=O) groups excluding carboxylic acids is 1. The molecule has 1 aliphatic rings. The largest absolute Gasteiger partial charge is 0.460 e. The highest BCUT2D eigenvalue weighted by Gasteiger charge is 2.62. The number of carbonyl (C=O) groups is 1. The maximum absolute atomic E-state index is 13.8. The van der Waals surface area contributed by atoms with Crippen molar-refractivity contribution in [3.8, 4) is 0 Å².